The van der Waals surface area contributed by atoms with Crippen molar-refractivity contribution in [3.05, 3.63) is 15.2 Å². The molecule has 0 aromatic carbocycles. The van der Waals surface area contributed by atoms with Gasteiger partial charge in [0.25, 0.3) is 4.74 Å². The molecule has 0 saturated carbocycles. The van der Waals surface area contributed by atoms with Gasteiger partial charge < -0.3 is 4.74 Å². The molecule has 0 unspecified atom stereocenters. The molecule has 0 aliphatic heterocycles. The third-order valence-corrected chi connectivity index (χ3v) is 1.52. The molecule has 1 rings (SSSR count). The second-order valence-electron chi connectivity index (χ2n) is 1.66. The molecule has 1 aromatic heterocycles. The Morgan fingerprint density at radius 1 is 1.82 bits per heavy atom. The zero-order chi connectivity index (χ0) is 8.27. The van der Waals surface area contributed by atoms with E-state index in [4.69, 9.17) is 0 Å². The topological polar surface area (TPSA) is 72.0 Å². The predicted octanol–water partition coefficient (Wildman–Crippen LogP) is 0.00810. The molecule has 1 N–H and O–H groups in total. The summed E-state index contributed by atoms with van der Waals surface area (Å²) in [5, 5.41) is 3.44. The fraction of sp³-hybridized carbons (Fsp3) is 0.400. The van der Waals surface area contributed by atoms with E-state index in [9.17, 15) is 9.59 Å². The SMILES string of the molecule is CCOC(=O)c1n[nH]sc1=O. The quantitative estimate of drug-likeness (QED) is 0.641. The number of carbonyl (C=O) groups is 1. The van der Waals surface area contributed by atoms with Gasteiger partial charge in [0.15, 0.2) is 0 Å². The first-order valence-corrected chi connectivity index (χ1v) is 3.78. The van der Waals surface area contributed by atoms with E-state index in [0.29, 0.717) is 0 Å². The highest BCUT2D eigenvalue weighted by molar-refractivity contribution is 7.03. The molecule has 11 heavy (non-hydrogen) atoms. The number of aromatic amines is 1. The maximum atomic E-state index is 10.8. The summed E-state index contributed by atoms with van der Waals surface area (Å²) in [6.45, 7) is 1.91. The number of esters is 1. The van der Waals surface area contributed by atoms with Crippen LogP contribution in [0, 0.1) is 0 Å². The average Bonchev–Trinajstić information content (AvgIpc) is 2.36. The minimum absolute atomic E-state index is 0.170. The lowest BCUT2D eigenvalue weighted by molar-refractivity contribution is 0.0518. The number of H-pyrrole nitrogens is 1. The highest BCUT2D eigenvalue weighted by atomic mass is 32.1. The van der Waals surface area contributed by atoms with Gasteiger partial charge in [0, 0.05) is 11.5 Å². The summed E-state index contributed by atoms with van der Waals surface area (Å²) in [7, 11) is 0. The van der Waals surface area contributed by atoms with Crippen molar-refractivity contribution < 1.29 is 9.53 Å². The Morgan fingerprint density at radius 3 is 3.00 bits per heavy atom. The van der Waals surface area contributed by atoms with Gasteiger partial charge in [-0.1, -0.05) is 0 Å². The van der Waals surface area contributed by atoms with Crippen LogP contribution in [0.4, 0.5) is 0 Å². The molecule has 60 valence electrons. The minimum Gasteiger partial charge on any atom is -0.461 e. The summed E-state index contributed by atoms with van der Waals surface area (Å²) in [5.74, 6) is -0.671. The van der Waals surface area contributed by atoms with Crippen molar-refractivity contribution in [2.45, 2.75) is 6.92 Å². The van der Waals surface area contributed by atoms with Gasteiger partial charge in [0.05, 0.1) is 6.61 Å². The zero-order valence-electron chi connectivity index (χ0n) is 5.79. The highest BCUT2D eigenvalue weighted by Gasteiger charge is 2.13. The number of nitrogens with one attached hydrogen (secondary N) is 1. The van der Waals surface area contributed by atoms with Crippen LogP contribution in [0.5, 0.6) is 0 Å². The maximum absolute atomic E-state index is 10.8. The number of hydrogen-bond acceptors (Lipinski definition) is 5. The lowest BCUT2D eigenvalue weighted by Gasteiger charge is -1.93. The first-order chi connectivity index (χ1) is 5.25. The minimum atomic E-state index is -0.671. The van der Waals surface area contributed by atoms with Crippen LogP contribution in [-0.2, 0) is 4.74 Å². The second-order valence-corrected chi connectivity index (χ2v) is 2.42. The average molecular weight is 174 g/mol. The van der Waals surface area contributed by atoms with Crippen LogP contribution in [0.15, 0.2) is 4.79 Å². The van der Waals surface area contributed by atoms with Crippen LogP contribution in [0.1, 0.15) is 17.4 Å². The Labute approximate surface area is 66.2 Å². The standard InChI is InChI=1S/C5H6N2O3S/c1-2-10-4(8)3-5(9)11-7-6-3/h7H,2H2,1H3. The molecule has 0 radical (unpaired) electrons. The van der Waals surface area contributed by atoms with Crippen molar-refractivity contribution in [3.8, 4) is 0 Å². The van der Waals surface area contributed by atoms with E-state index in [1.54, 1.807) is 6.92 Å². The van der Waals surface area contributed by atoms with Crippen molar-refractivity contribution in [1.82, 2.24) is 9.59 Å². The van der Waals surface area contributed by atoms with Crippen LogP contribution in [0.25, 0.3) is 0 Å². The molecule has 0 bridgehead atoms. The first-order valence-electron chi connectivity index (χ1n) is 2.96. The second kappa shape index (κ2) is 3.29. The Morgan fingerprint density at radius 2 is 2.55 bits per heavy atom. The van der Waals surface area contributed by atoms with Crippen molar-refractivity contribution in [2.75, 3.05) is 6.61 Å². The summed E-state index contributed by atoms with van der Waals surface area (Å²) >= 11 is 0.766. The van der Waals surface area contributed by atoms with Gasteiger partial charge in [-0.2, -0.15) is 5.10 Å². The number of ether oxygens (including phenoxy) is 1. The molecule has 1 heterocycles. The molecule has 0 atom stereocenters. The largest absolute Gasteiger partial charge is 0.461 e. The first kappa shape index (κ1) is 7.93. The van der Waals surface area contributed by atoms with Crippen molar-refractivity contribution in [1.29, 1.82) is 0 Å². The number of rotatable bonds is 2. The number of nitrogens with zero attached hydrogens (tertiary/aromatic N) is 1. The lowest BCUT2D eigenvalue weighted by Crippen LogP contribution is -2.13. The van der Waals surface area contributed by atoms with Gasteiger partial charge in [-0.15, -0.1) is 0 Å². The summed E-state index contributed by atoms with van der Waals surface area (Å²) in [4.78, 5) is 21.6. The molecular formula is C5H6N2O3S. The van der Waals surface area contributed by atoms with E-state index in [-0.39, 0.29) is 12.3 Å². The highest BCUT2D eigenvalue weighted by Crippen LogP contribution is 1.90. The number of aromatic nitrogens is 2. The van der Waals surface area contributed by atoms with Crippen LogP contribution in [0.2, 0.25) is 0 Å². The van der Waals surface area contributed by atoms with Crippen LogP contribution >= 0.6 is 11.5 Å². The molecule has 0 spiro atoms. The van der Waals surface area contributed by atoms with Crippen LogP contribution in [-0.4, -0.2) is 22.2 Å². The van der Waals surface area contributed by atoms with Crippen molar-refractivity contribution in [3.63, 3.8) is 0 Å². The Kier molecular flexibility index (Phi) is 2.37. The van der Waals surface area contributed by atoms with E-state index in [2.05, 4.69) is 14.3 Å². The summed E-state index contributed by atoms with van der Waals surface area (Å²) in [6.07, 6.45) is 0. The number of hydrogen-bond donors (Lipinski definition) is 1. The van der Waals surface area contributed by atoms with E-state index in [1.165, 1.54) is 0 Å². The molecule has 0 aliphatic carbocycles. The fourth-order valence-electron chi connectivity index (χ4n) is 0.532. The van der Waals surface area contributed by atoms with Crippen LogP contribution < -0.4 is 4.74 Å². The molecular weight excluding hydrogens is 168 g/mol. The van der Waals surface area contributed by atoms with Crippen molar-refractivity contribution in [2.24, 2.45) is 0 Å². The lowest BCUT2D eigenvalue weighted by atomic mass is 10.5. The Balaban J connectivity index is 2.85. The van der Waals surface area contributed by atoms with Gasteiger partial charge in [0.2, 0.25) is 5.69 Å². The maximum Gasteiger partial charge on any atom is 0.363 e. The summed E-state index contributed by atoms with van der Waals surface area (Å²) in [6, 6.07) is 0. The van der Waals surface area contributed by atoms with E-state index in [0.717, 1.165) is 11.5 Å². The molecule has 0 fully saturated rings. The predicted molar refractivity (Wildman–Crippen MR) is 38.7 cm³/mol. The molecule has 0 aliphatic rings. The van der Waals surface area contributed by atoms with E-state index < -0.39 is 10.7 Å². The summed E-state index contributed by atoms with van der Waals surface area (Å²) in [5.41, 5.74) is -0.170. The van der Waals surface area contributed by atoms with Gasteiger partial charge in [0.1, 0.15) is 0 Å². The fourth-order valence-corrected chi connectivity index (χ4v) is 0.978. The smallest absolute Gasteiger partial charge is 0.363 e. The molecule has 0 saturated heterocycles. The van der Waals surface area contributed by atoms with E-state index >= 15 is 0 Å². The normalized spacial score (nSPS) is 9.55. The van der Waals surface area contributed by atoms with Crippen LogP contribution in [0.3, 0.4) is 0 Å². The molecule has 0 amide bonds. The molecule has 5 nitrogen and oxygen atoms in total. The Bertz CT molecular complexity index is 303. The Hall–Kier alpha value is -1.17. The van der Waals surface area contributed by atoms with Gasteiger partial charge in [-0.3, -0.25) is 4.79 Å². The van der Waals surface area contributed by atoms with E-state index in [1.807, 2.05) is 0 Å². The van der Waals surface area contributed by atoms with Gasteiger partial charge in [-0.05, 0) is 6.92 Å². The number of carbonyl (C=O) groups excluding carboxylic acids is 1. The monoisotopic (exact) mass is 174 g/mol. The molecule has 6 heteroatoms. The summed E-state index contributed by atoms with van der Waals surface area (Å²) < 4.78 is 6.47. The third-order valence-electron chi connectivity index (χ3n) is 0.958. The molecule has 1 aromatic rings. The van der Waals surface area contributed by atoms with Gasteiger partial charge >= 0.3 is 5.97 Å². The van der Waals surface area contributed by atoms with Crippen molar-refractivity contribution >= 4 is 17.5 Å². The van der Waals surface area contributed by atoms with Gasteiger partial charge in [-0.25, -0.2) is 9.28 Å². The third kappa shape index (κ3) is 1.64. The zero-order valence-corrected chi connectivity index (χ0v) is 6.60.